The molecule has 0 saturated heterocycles. The molecule has 0 saturated carbocycles. The number of hydrogen-bond acceptors (Lipinski definition) is 4. The maximum absolute atomic E-state index is 13.9. The smallest absolute Gasteiger partial charge is 0.191 e. The second-order valence-electron chi connectivity index (χ2n) is 5.72. The van der Waals surface area contributed by atoms with Gasteiger partial charge in [-0.15, -0.1) is 35.3 Å². The van der Waals surface area contributed by atoms with E-state index in [1.54, 1.807) is 19.1 Å². The van der Waals surface area contributed by atoms with Gasteiger partial charge in [0, 0.05) is 17.0 Å². The van der Waals surface area contributed by atoms with Crippen LogP contribution in [0.2, 0.25) is 0 Å². The van der Waals surface area contributed by atoms with Crippen molar-refractivity contribution in [1.82, 2.24) is 10.6 Å². The Labute approximate surface area is 174 Å². The summed E-state index contributed by atoms with van der Waals surface area (Å²) in [5.74, 6) is 0.0346. The van der Waals surface area contributed by atoms with Crippen LogP contribution < -0.4 is 10.6 Å². The molecule has 5 nitrogen and oxygen atoms in total. The van der Waals surface area contributed by atoms with E-state index in [0.717, 1.165) is 4.88 Å². The Hall–Kier alpha value is -1.70. The Balaban J connectivity index is 0.00000338. The minimum Gasteiger partial charge on any atom is -0.383 e. The van der Waals surface area contributed by atoms with Crippen molar-refractivity contribution >= 4 is 41.3 Å². The van der Waals surface area contributed by atoms with Crippen molar-refractivity contribution in [3.8, 4) is 6.07 Å². The van der Waals surface area contributed by atoms with Crippen LogP contribution in [0.3, 0.4) is 0 Å². The lowest BCUT2D eigenvalue weighted by Gasteiger charge is -2.23. The highest BCUT2D eigenvalue weighted by molar-refractivity contribution is 14.0. The summed E-state index contributed by atoms with van der Waals surface area (Å²) in [6.45, 7) is 4.71. The van der Waals surface area contributed by atoms with Crippen molar-refractivity contribution in [2.75, 3.05) is 13.1 Å². The van der Waals surface area contributed by atoms with E-state index in [9.17, 15) is 9.50 Å². The molecular formula is C18H22FIN4OS. The number of nitrogens with one attached hydrogen (secondary N) is 2. The number of halogens is 2. The van der Waals surface area contributed by atoms with E-state index in [2.05, 4.69) is 15.6 Å². The van der Waals surface area contributed by atoms with Gasteiger partial charge in [0.05, 0.1) is 24.7 Å². The number of benzene rings is 1. The first-order valence-corrected chi connectivity index (χ1v) is 8.81. The third-order valence-corrected chi connectivity index (χ3v) is 4.71. The van der Waals surface area contributed by atoms with E-state index in [1.165, 1.54) is 17.4 Å². The first-order valence-electron chi connectivity index (χ1n) is 7.93. The van der Waals surface area contributed by atoms with Crippen LogP contribution in [0.1, 0.15) is 29.9 Å². The summed E-state index contributed by atoms with van der Waals surface area (Å²) in [7, 11) is 0. The fourth-order valence-electron chi connectivity index (χ4n) is 2.18. The van der Waals surface area contributed by atoms with E-state index in [4.69, 9.17) is 5.26 Å². The van der Waals surface area contributed by atoms with E-state index < -0.39 is 11.4 Å². The summed E-state index contributed by atoms with van der Waals surface area (Å²) in [5, 5.41) is 27.4. The zero-order valence-corrected chi connectivity index (χ0v) is 17.8. The van der Waals surface area contributed by atoms with Crippen molar-refractivity contribution in [1.29, 1.82) is 5.26 Å². The Morgan fingerprint density at radius 1 is 1.38 bits per heavy atom. The van der Waals surface area contributed by atoms with Crippen molar-refractivity contribution < 1.29 is 9.50 Å². The van der Waals surface area contributed by atoms with Crippen LogP contribution in [-0.4, -0.2) is 24.2 Å². The van der Waals surface area contributed by atoms with Gasteiger partial charge in [0.2, 0.25) is 0 Å². The molecule has 1 unspecified atom stereocenters. The third-order valence-electron chi connectivity index (χ3n) is 3.59. The molecule has 0 bridgehead atoms. The molecule has 0 spiro atoms. The number of aliphatic imine (C=N–C) groups is 1. The van der Waals surface area contributed by atoms with Crippen molar-refractivity contribution in [2.45, 2.75) is 26.0 Å². The first-order chi connectivity index (χ1) is 12.0. The summed E-state index contributed by atoms with van der Waals surface area (Å²) in [6.07, 6.45) is 0. The van der Waals surface area contributed by atoms with Gasteiger partial charge in [-0.1, -0.05) is 12.1 Å². The quantitative estimate of drug-likeness (QED) is 0.331. The number of guanidine groups is 1. The molecule has 0 fully saturated rings. The summed E-state index contributed by atoms with van der Waals surface area (Å²) in [5.41, 5.74) is -0.340. The number of nitrogens with zero attached hydrogens (tertiary/aromatic N) is 2. The van der Waals surface area contributed by atoms with Crippen molar-refractivity contribution in [3.63, 3.8) is 0 Å². The second kappa shape index (κ2) is 10.4. The Kier molecular flexibility index (Phi) is 8.98. The minimum atomic E-state index is -1.02. The highest BCUT2D eigenvalue weighted by Crippen LogP contribution is 2.24. The highest BCUT2D eigenvalue weighted by atomic mass is 127. The van der Waals surface area contributed by atoms with Gasteiger partial charge in [0.15, 0.2) is 5.96 Å². The molecule has 0 amide bonds. The number of rotatable bonds is 6. The van der Waals surface area contributed by atoms with Gasteiger partial charge in [-0.05, 0) is 37.4 Å². The lowest BCUT2D eigenvalue weighted by molar-refractivity contribution is 0.0655. The Morgan fingerprint density at radius 2 is 2.15 bits per heavy atom. The average molecular weight is 488 g/mol. The lowest BCUT2D eigenvalue weighted by atomic mass is 10.1. The van der Waals surface area contributed by atoms with Crippen LogP contribution in [0, 0.1) is 17.1 Å². The zero-order chi connectivity index (χ0) is 18.3. The molecule has 1 atom stereocenters. The maximum atomic E-state index is 13.9. The topological polar surface area (TPSA) is 80.4 Å². The van der Waals surface area contributed by atoms with Gasteiger partial charge in [-0.2, -0.15) is 5.26 Å². The van der Waals surface area contributed by atoms with E-state index in [0.29, 0.717) is 18.1 Å². The van der Waals surface area contributed by atoms with Gasteiger partial charge in [-0.3, -0.25) is 0 Å². The van der Waals surface area contributed by atoms with Crippen molar-refractivity contribution in [3.05, 3.63) is 57.5 Å². The maximum Gasteiger partial charge on any atom is 0.191 e. The molecule has 0 aliphatic rings. The molecule has 1 aromatic heterocycles. The monoisotopic (exact) mass is 488 g/mol. The average Bonchev–Trinajstić information content (AvgIpc) is 3.13. The van der Waals surface area contributed by atoms with Crippen LogP contribution in [-0.2, 0) is 12.1 Å². The molecule has 0 radical (unpaired) electrons. The molecule has 2 rings (SSSR count). The summed E-state index contributed by atoms with van der Waals surface area (Å²) < 4.78 is 13.9. The van der Waals surface area contributed by atoms with Gasteiger partial charge in [0.1, 0.15) is 11.4 Å². The zero-order valence-electron chi connectivity index (χ0n) is 14.6. The van der Waals surface area contributed by atoms with E-state index in [1.807, 2.05) is 30.5 Å². The normalized spacial score (nSPS) is 13.3. The summed E-state index contributed by atoms with van der Waals surface area (Å²) in [4.78, 5) is 5.20. The van der Waals surface area contributed by atoms with Crippen molar-refractivity contribution in [2.24, 2.45) is 4.99 Å². The second-order valence-corrected chi connectivity index (χ2v) is 6.67. The molecule has 2 aromatic rings. The SMILES string of the molecule is CCNC(=NCc1ccc(C#N)cc1F)NCC(C)(O)c1cccs1.I. The number of hydrogen-bond donors (Lipinski definition) is 3. The number of aliphatic hydroxyl groups is 1. The number of nitriles is 1. The van der Waals surface area contributed by atoms with Crippen LogP contribution in [0.25, 0.3) is 0 Å². The predicted molar refractivity (Wildman–Crippen MR) is 113 cm³/mol. The molecule has 1 aromatic carbocycles. The molecule has 0 aliphatic heterocycles. The fraction of sp³-hybridized carbons (Fsp3) is 0.333. The van der Waals surface area contributed by atoms with Gasteiger partial charge in [0.25, 0.3) is 0 Å². The fourth-order valence-corrected chi connectivity index (χ4v) is 2.97. The molecule has 26 heavy (non-hydrogen) atoms. The first kappa shape index (κ1) is 22.3. The van der Waals surface area contributed by atoms with Gasteiger partial charge >= 0.3 is 0 Å². The molecule has 1 heterocycles. The summed E-state index contributed by atoms with van der Waals surface area (Å²) >= 11 is 1.48. The summed E-state index contributed by atoms with van der Waals surface area (Å²) in [6, 6.07) is 10.00. The number of thiophene rings is 1. The molecule has 140 valence electrons. The van der Waals surface area contributed by atoms with Gasteiger partial charge < -0.3 is 15.7 Å². The minimum absolute atomic E-state index is 0. The van der Waals surface area contributed by atoms with E-state index >= 15 is 0 Å². The Bertz CT molecular complexity index is 772. The lowest BCUT2D eigenvalue weighted by Crippen LogP contribution is -2.44. The van der Waals surface area contributed by atoms with Gasteiger partial charge in [-0.25, -0.2) is 9.38 Å². The Morgan fingerprint density at radius 3 is 2.73 bits per heavy atom. The predicted octanol–water partition coefficient (Wildman–Crippen LogP) is 3.34. The van der Waals surface area contributed by atoms with Crippen LogP contribution >= 0.6 is 35.3 Å². The van der Waals surface area contributed by atoms with E-state index in [-0.39, 0.29) is 42.6 Å². The molecule has 3 N–H and O–H groups in total. The standard InChI is InChI=1S/C18H21FN4OS.HI/c1-3-21-17(23-12-18(2,24)16-5-4-8-25-16)22-11-14-7-6-13(10-20)9-15(14)19;/h4-9,24H,3,11-12H2,1-2H3,(H2,21,22,23);1H. The third kappa shape index (κ3) is 6.23. The largest absolute Gasteiger partial charge is 0.383 e. The van der Waals surface area contributed by atoms with Crippen LogP contribution in [0.15, 0.2) is 40.7 Å². The highest BCUT2D eigenvalue weighted by Gasteiger charge is 2.24. The molecular weight excluding hydrogens is 466 g/mol. The molecule has 0 aliphatic carbocycles. The molecule has 8 heteroatoms. The van der Waals surface area contributed by atoms with Crippen LogP contribution in [0.4, 0.5) is 4.39 Å². The van der Waals surface area contributed by atoms with Crippen LogP contribution in [0.5, 0.6) is 0 Å².